The molecule has 7 nitrogen and oxygen atoms in total. The van der Waals surface area contributed by atoms with Gasteiger partial charge in [0.05, 0.1) is 11.0 Å². The number of nitro groups is 1. The summed E-state index contributed by atoms with van der Waals surface area (Å²) in [6.07, 6.45) is 0.403. The van der Waals surface area contributed by atoms with Crippen molar-refractivity contribution in [2.75, 3.05) is 18.0 Å². The number of ether oxygens (including phenoxy) is 1. The molecule has 0 aromatic heterocycles. The Kier molecular flexibility index (Phi) is 4.77. The molecule has 1 aliphatic heterocycles. The van der Waals surface area contributed by atoms with Crippen molar-refractivity contribution in [1.29, 1.82) is 0 Å². The molecule has 0 radical (unpaired) electrons. The number of nitrogens with one attached hydrogen (secondary N) is 1. The van der Waals surface area contributed by atoms with Gasteiger partial charge in [-0.15, -0.1) is 0 Å². The van der Waals surface area contributed by atoms with Crippen molar-refractivity contribution in [2.24, 2.45) is 0 Å². The molecule has 126 valence electrons. The topological polar surface area (TPSA) is 84.7 Å². The minimum absolute atomic E-state index is 0.0134. The predicted molar refractivity (Wildman–Crippen MR) is 87.8 cm³/mol. The van der Waals surface area contributed by atoms with Crippen molar-refractivity contribution in [1.82, 2.24) is 5.32 Å². The Hall–Kier alpha value is -2.31. The Morgan fingerprint density at radius 3 is 2.70 bits per heavy atom. The number of carbonyl (C=O) groups excluding carboxylic acids is 1. The van der Waals surface area contributed by atoms with Gasteiger partial charge in [0.25, 0.3) is 5.69 Å². The van der Waals surface area contributed by atoms with Gasteiger partial charge in [-0.1, -0.05) is 0 Å². The summed E-state index contributed by atoms with van der Waals surface area (Å²) in [5, 5.41) is 13.7. The summed E-state index contributed by atoms with van der Waals surface area (Å²) in [6, 6.07) is 4.86. The van der Waals surface area contributed by atoms with E-state index in [1.165, 1.54) is 6.07 Å². The monoisotopic (exact) mass is 321 g/mol. The molecule has 1 heterocycles. The number of nitro benzene ring substituents is 1. The molecule has 1 unspecified atom stereocenters. The van der Waals surface area contributed by atoms with Crippen LogP contribution in [-0.2, 0) is 4.74 Å². The molecule has 1 aromatic carbocycles. The average molecular weight is 321 g/mol. The maximum absolute atomic E-state index is 11.8. The number of carbonyl (C=O) groups is 1. The van der Waals surface area contributed by atoms with Crippen LogP contribution in [0.1, 0.15) is 32.8 Å². The SMILES string of the molecule is Cc1cc([N+](=O)[O-])ccc1N1CCC(NC(=O)OC(C)(C)C)C1. The Morgan fingerprint density at radius 2 is 2.13 bits per heavy atom. The quantitative estimate of drug-likeness (QED) is 0.683. The number of nitrogens with zero attached hydrogens (tertiary/aromatic N) is 2. The van der Waals surface area contributed by atoms with Crippen LogP contribution in [0.4, 0.5) is 16.2 Å². The first-order chi connectivity index (χ1) is 10.7. The molecule has 1 atom stereocenters. The third-order valence-corrected chi connectivity index (χ3v) is 3.64. The molecule has 1 saturated heterocycles. The maximum Gasteiger partial charge on any atom is 0.407 e. The Bertz CT molecular complexity index is 610. The van der Waals surface area contributed by atoms with Crippen LogP contribution in [0.2, 0.25) is 0 Å². The van der Waals surface area contributed by atoms with Gasteiger partial charge in [0.1, 0.15) is 5.60 Å². The smallest absolute Gasteiger partial charge is 0.407 e. The van der Waals surface area contributed by atoms with Gasteiger partial charge in [-0.25, -0.2) is 4.79 Å². The summed E-state index contributed by atoms with van der Waals surface area (Å²) in [6.45, 7) is 8.79. The molecule has 7 heteroatoms. The molecule has 0 bridgehead atoms. The van der Waals surface area contributed by atoms with Gasteiger partial charge in [-0.2, -0.15) is 0 Å². The molecule has 1 amide bonds. The van der Waals surface area contributed by atoms with Crippen molar-refractivity contribution >= 4 is 17.5 Å². The first-order valence-corrected chi connectivity index (χ1v) is 7.65. The van der Waals surface area contributed by atoms with Gasteiger partial charge in [0.2, 0.25) is 0 Å². The third kappa shape index (κ3) is 4.58. The second-order valence-corrected chi connectivity index (χ2v) is 6.81. The van der Waals surface area contributed by atoms with Crippen LogP contribution in [0.5, 0.6) is 0 Å². The summed E-state index contributed by atoms with van der Waals surface area (Å²) in [5.41, 5.74) is 1.40. The van der Waals surface area contributed by atoms with Gasteiger partial charge < -0.3 is 15.0 Å². The van der Waals surface area contributed by atoms with Crippen LogP contribution in [0.25, 0.3) is 0 Å². The number of rotatable bonds is 3. The lowest BCUT2D eigenvalue weighted by molar-refractivity contribution is -0.384. The average Bonchev–Trinajstić information content (AvgIpc) is 2.84. The second-order valence-electron chi connectivity index (χ2n) is 6.81. The minimum atomic E-state index is -0.517. The van der Waals surface area contributed by atoms with E-state index in [4.69, 9.17) is 4.74 Å². The highest BCUT2D eigenvalue weighted by molar-refractivity contribution is 5.68. The highest BCUT2D eigenvalue weighted by Crippen LogP contribution is 2.27. The number of alkyl carbamates (subject to hydrolysis) is 1. The Labute approximate surface area is 135 Å². The van der Waals surface area contributed by atoms with Gasteiger partial charge in [0, 0.05) is 30.9 Å². The summed E-state index contributed by atoms with van der Waals surface area (Å²) < 4.78 is 5.26. The van der Waals surface area contributed by atoms with E-state index in [1.54, 1.807) is 12.1 Å². The number of non-ortho nitro benzene ring substituents is 1. The molecule has 0 saturated carbocycles. The zero-order chi connectivity index (χ0) is 17.2. The summed E-state index contributed by atoms with van der Waals surface area (Å²) >= 11 is 0. The van der Waals surface area contributed by atoms with E-state index in [0.717, 1.165) is 24.2 Å². The lowest BCUT2D eigenvalue weighted by atomic mass is 10.1. The molecule has 0 aliphatic carbocycles. The molecule has 1 aliphatic rings. The van der Waals surface area contributed by atoms with Crippen molar-refractivity contribution in [3.05, 3.63) is 33.9 Å². The molecule has 2 rings (SSSR count). The summed E-state index contributed by atoms with van der Waals surface area (Å²) in [5.74, 6) is 0. The standard InChI is InChI=1S/C16H23N3O4/c1-11-9-13(19(21)22)5-6-14(11)18-8-7-12(10-18)17-15(20)23-16(2,3)4/h5-6,9,12H,7-8,10H2,1-4H3,(H,17,20). The molecule has 0 spiro atoms. The molecule has 1 fully saturated rings. The molecule has 1 N–H and O–H groups in total. The summed E-state index contributed by atoms with van der Waals surface area (Å²) in [7, 11) is 0. The predicted octanol–water partition coefficient (Wildman–Crippen LogP) is 3.01. The highest BCUT2D eigenvalue weighted by atomic mass is 16.6. The number of benzene rings is 1. The Balaban J connectivity index is 1.97. The number of hydrogen-bond donors (Lipinski definition) is 1. The van der Waals surface area contributed by atoms with Crippen molar-refractivity contribution in [3.63, 3.8) is 0 Å². The lowest BCUT2D eigenvalue weighted by Gasteiger charge is -2.23. The first kappa shape index (κ1) is 17.1. The van der Waals surface area contributed by atoms with Crippen LogP contribution in [-0.4, -0.2) is 35.7 Å². The van der Waals surface area contributed by atoms with Crippen molar-refractivity contribution < 1.29 is 14.5 Å². The molecular weight excluding hydrogens is 298 g/mol. The number of aryl methyl sites for hydroxylation is 1. The third-order valence-electron chi connectivity index (χ3n) is 3.64. The number of hydrogen-bond acceptors (Lipinski definition) is 5. The van der Waals surface area contributed by atoms with Crippen molar-refractivity contribution in [3.8, 4) is 0 Å². The Morgan fingerprint density at radius 1 is 1.43 bits per heavy atom. The van der Waals surface area contributed by atoms with Crippen LogP contribution in [0.3, 0.4) is 0 Å². The second kappa shape index (κ2) is 6.44. The zero-order valence-corrected chi connectivity index (χ0v) is 14.0. The largest absolute Gasteiger partial charge is 0.444 e. The van der Waals surface area contributed by atoms with Crippen LogP contribution in [0, 0.1) is 17.0 Å². The minimum Gasteiger partial charge on any atom is -0.444 e. The highest BCUT2D eigenvalue weighted by Gasteiger charge is 2.27. The van der Waals surface area contributed by atoms with E-state index in [2.05, 4.69) is 10.2 Å². The van der Waals surface area contributed by atoms with E-state index in [0.29, 0.717) is 6.54 Å². The zero-order valence-electron chi connectivity index (χ0n) is 14.0. The first-order valence-electron chi connectivity index (χ1n) is 7.65. The fourth-order valence-corrected chi connectivity index (χ4v) is 2.68. The van der Waals surface area contributed by atoms with Gasteiger partial charge in [-0.05, 0) is 45.7 Å². The van der Waals surface area contributed by atoms with E-state index >= 15 is 0 Å². The molecular formula is C16H23N3O4. The van der Waals surface area contributed by atoms with Crippen molar-refractivity contribution in [2.45, 2.75) is 45.8 Å². The van der Waals surface area contributed by atoms with Gasteiger partial charge >= 0.3 is 6.09 Å². The van der Waals surface area contributed by atoms with E-state index in [1.807, 2.05) is 27.7 Å². The van der Waals surface area contributed by atoms with Gasteiger partial charge in [-0.3, -0.25) is 10.1 Å². The fourth-order valence-electron chi connectivity index (χ4n) is 2.68. The lowest BCUT2D eigenvalue weighted by Crippen LogP contribution is -2.40. The maximum atomic E-state index is 11.8. The van der Waals surface area contributed by atoms with E-state index < -0.39 is 16.6 Å². The van der Waals surface area contributed by atoms with E-state index in [9.17, 15) is 14.9 Å². The summed E-state index contributed by atoms with van der Waals surface area (Å²) in [4.78, 5) is 24.4. The van der Waals surface area contributed by atoms with Crippen LogP contribution < -0.4 is 10.2 Å². The van der Waals surface area contributed by atoms with Gasteiger partial charge in [0.15, 0.2) is 0 Å². The van der Waals surface area contributed by atoms with Crippen LogP contribution in [0.15, 0.2) is 18.2 Å². The van der Waals surface area contributed by atoms with Crippen LogP contribution >= 0.6 is 0 Å². The molecule has 23 heavy (non-hydrogen) atoms. The molecule has 1 aromatic rings. The van der Waals surface area contributed by atoms with E-state index in [-0.39, 0.29) is 11.7 Å². The number of amides is 1. The normalized spacial score (nSPS) is 17.9. The fraction of sp³-hybridized carbons (Fsp3) is 0.562. The number of anilines is 1.